The Morgan fingerprint density at radius 1 is 1.19 bits per heavy atom. The van der Waals surface area contributed by atoms with Gasteiger partial charge in [-0.25, -0.2) is 0 Å². The summed E-state index contributed by atoms with van der Waals surface area (Å²) in [6, 6.07) is 4.40. The molecule has 21 heavy (non-hydrogen) atoms. The van der Waals surface area contributed by atoms with E-state index in [1.54, 1.807) is 0 Å². The van der Waals surface area contributed by atoms with Crippen LogP contribution < -0.4 is 4.74 Å². The molecule has 0 aromatic heterocycles. The predicted octanol–water partition coefficient (Wildman–Crippen LogP) is 5.04. The quantitative estimate of drug-likeness (QED) is 0.595. The van der Waals surface area contributed by atoms with E-state index in [4.69, 9.17) is 27.9 Å². The first-order valence-electron chi connectivity index (χ1n) is 7.16. The first-order valence-corrected chi connectivity index (χ1v) is 7.91. The van der Waals surface area contributed by atoms with Crippen LogP contribution in [0, 0.1) is 5.92 Å². The van der Waals surface area contributed by atoms with E-state index in [9.17, 15) is 9.59 Å². The van der Waals surface area contributed by atoms with Crippen molar-refractivity contribution in [3.63, 3.8) is 0 Å². The van der Waals surface area contributed by atoms with Crippen LogP contribution in [0.1, 0.15) is 60.2 Å². The van der Waals surface area contributed by atoms with Gasteiger partial charge in [0.2, 0.25) is 0 Å². The molecule has 1 aromatic rings. The van der Waals surface area contributed by atoms with Crippen molar-refractivity contribution in [3.05, 3.63) is 29.3 Å². The van der Waals surface area contributed by atoms with Crippen LogP contribution in [-0.2, 0) is 0 Å². The summed E-state index contributed by atoms with van der Waals surface area (Å²) in [5.74, 6) is 0.732. The third-order valence-electron chi connectivity index (χ3n) is 3.44. The Kier molecular flexibility index (Phi) is 7.76. The van der Waals surface area contributed by atoms with Crippen molar-refractivity contribution < 1.29 is 14.3 Å². The molecule has 0 bridgehead atoms. The van der Waals surface area contributed by atoms with Crippen molar-refractivity contribution in [2.24, 2.45) is 5.92 Å². The van der Waals surface area contributed by atoms with Crippen LogP contribution in [0.25, 0.3) is 0 Å². The molecule has 0 spiro atoms. The Labute approximate surface area is 135 Å². The smallest absolute Gasteiger partial charge is 0.256 e. The van der Waals surface area contributed by atoms with Gasteiger partial charge in [0, 0.05) is 5.56 Å². The van der Waals surface area contributed by atoms with E-state index in [2.05, 4.69) is 13.8 Å². The highest BCUT2D eigenvalue weighted by molar-refractivity contribution is 6.68. The predicted molar refractivity (Wildman–Crippen MR) is 85.6 cm³/mol. The van der Waals surface area contributed by atoms with E-state index in [-0.39, 0.29) is 11.1 Å². The summed E-state index contributed by atoms with van der Waals surface area (Å²) < 4.78 is 5.72. The fourth-order valence-corrected chi connectivity index (χ4v) is 2.31. The minimum atomic E-state index is -0.611. The Bertz CT molecular complexity index is 500. The fourth-order valence-electron chi connectivity index (χ4n) is 2.03. The van der Waals surface area contributed by atoms with Gasteiger partial charge in [0.25, 0.3) is 10.5 Å². The Hall–Kier alpha value is -1.06. The van der Waals surface area contributed by atoms with Gasteiger partial charge in [-0.05, 0) is 53.7 Å². The molecule has 5 heteroatoms. The number of halogens is 2. The molecule has 0 aliphatic heterocycles. The largest absolute Gasteiger partial charge is 0.492 e. The SMILES string of the molecule is CCCCC(CC)COc1cc(C(=O)Cl)ccc1C(=O)Cl. The molecule has 3 nitrogen and oxygen atoms in total. The maximum absolute atomic E-state index is 11.4. The molecule has 0 fully saturated rings. The molecule has 0 aliphatic carbocycles. The van der Waals surface area contributed by atoms with Crippen LogP contribution in [-0.4, -0.2) is 17.1 Å². The van der Waals surface area contributed by atoms with Gasteiger partial charge < -0.3 is 4.74 Å². The summed E-state index contributed by atoms with van der Waals surface area (Å²) in [4.78, 5) is 22.6. The van der Waals surface area contributed by atoms with E-state index in [1.807, 2.05) is 0 Å². The summed E-state index contributed by atoms with van der Waals surface area (Å²) in [6.45, 7) is 4.75. The zero-order chi connectivity index (χ0) is 15.8. The van der Waals surface area contributed by atoms with Crippen LogP contribution in [0.3, 0.4) is 0 Å². The summed E-state index contributed by atoms with van der Waals surface area (Å²) in [5, 5.41) is -1.20. The van der Waals surface area contributed by atoms with E-state index >= 15 is 0 Å². The van der Waals surface area contributed by atoms with E-state index in [0.717, 1.165) is 25.7 Å². The van der Waals surface area contributed by atoms with Crippen LogP contribution in [0.2, 0.25) is 0 Å². The van der Waals surface area contributed by atoms with Gasteiger partial charge in [0.1, 0.15) is 5.75 Å². The lowest BCUT2D eigenvalue weighted by molar-refractivity contribution is 0.106. The first kappa shape index (κ1) is 18.0. The molecule has 0 radical (unpaired) electrons. The standard InChI is InChI=1S/C16H20Cl2O3/c1-3-5-6-11(4-2)10-21-14-9-12(15(17)19)7-8-13(14)16(18)20/h7-9,11H,3-6,10H2,1-2H3. The van der Waals surface area contributed by atoms with Crippen LogP contribution in [0.15, 0.2) is 18.2 Å². The molecule has 0 N–H and O–H groups in total. The highest BCUT2D eigenvalue weighted by Crippen LogP contribution is 2.25. The van der Waals surface area contributed by atoms with E-state index in [1.165, 1.54) is 18.2 Å². The molecule has 0 heterocycles. The average Bonchev–Trinajstić information content (AvgIpc) is 2.46. The van der Waals surface area contributed by atoms with Gasteiger partial charge in [-0.15, -0.1) is 0 Å². The number of carbonyl (C=O) groups excluding carboxylic acids is 2. The number of unbranched alkanes of at least 4 members (excludes halogenated alkanes) is 1. The number of ether oxygens (including phenoxy) is 1. The molecular weight excluding hydrogens is 311 g/mol. The van der Waals surface area contributed by atoms with E-state index < -0.39 is 10.5 Å². The van der Waals surface area contributed by atoms with Crippen LogP contribution in [0.5, 0.6) is 5.75 Å². The lowest BCUT2D eigenvalue weighted by atomic mass is 10.0. The molecule has 0 amide bonds. The topological polar surface area (TPSA) is 43.4 Å². The van der Waals surface area contributed by atoms with Crippen molar-refractivity contribution in [1.29, 1.82) is 0 Å². The van der Waals surface area contributed by atoms with Gasteiger partial charge in [-0.1, -0.05) is 33.1 Å². The van der Waals surface area contributed by atoms with Gasteiger partial charge in [-0.3, -0.25) is 9.59 Å². The Balaban J connectivity index is 2.86. The first-order chi connectivity index (χ1) is 9.99. The number of hydrogen-bond acceptors (Lipinski definition) is 3. The lowest BCUT2D eigenvalue weighted by Crippen LogP contribution is -2.13. The molecular formula is C16H20Cl2O3. The van der Waals surface area contributed by atoms with Gasteiger partial charge in [-0.2, -0.15) is 0 Å². The van der Waals surface area contributed by atoms with Gasteiger partial charge >= 0.3 is 0 Å². The summed E-state index contributed by atoms with van der Waals surface area (Å²) in [5.41, 5.74) is 0.540. The second kappa shape index (κ2) is 9.06. The minimum Gasteiger partial charge on any atom is -0.492 e. The van der Waals surface area contributed by atoms with Crippen LogP contribution in [0.4, 0.5) is 0 Å². The van der Waals surface area contributed by atoms with E-state index in [0.29, 0.717) is 18.3 Å². The molecule has 1 rings (SSSR count). The Morgan fingerprint density at radius 2 is 1.90 bits per heavy atom. The minimum absolute atomic E-state index is 0.253. The normalized spacial score (nSPS) is 12.0. The van der Waals surface area contributed by atoms with Crippen LogP contribution >= 0.6 is 23.2 Å². The van der Waals surface area contributed by atoms with Crippen molar-refractivity contribution in [3.8, 4) is 5.75 Å². The average molecular weight is 331 g/mol. The highest BCUT2D eigenvalue weighted by atomic mass is 35.5. The fraction of sp³-hybridized carbons (Fsp3) is 0.500. The number of carbonyl (C=O) groups is 2. The summed E-state index contributed by atoms with van der Waals surface area (Å²) in [7, 11) is 0. The second-order valence-corrected chi connectivity index (χ2v) is 5.67. The van der Waals surface area contributed by atoms with Crippen molar-refractivity contribution >= 4 is 33.7 Å². The molecule has 0 saturated heterocycles. The van der Waals surface area contributed by atoms with Gasteiger partial charge in [0.15, 0.2) is 0 Å². The number of benzene rings is 1. The van der Waals surface area contributed by atoms with Crippen molar-refractivity contribution in [2.45, 2.75) is 39.5 Å². The highest BCUT2D eigenvalue weighted by Gasteiger charge is 2.15. The molecule has 0 aliphatic rings. The maximum atomic E-state index is 11.4. The zero-order valence-corrected chi connectivity index (χ0v) is 13.8. The summed E-state index contributed by atoms with van der Waals surface area (Å²) >= 11 is 11.0. The third kappa shape index (κ3) is 5.68. The zero-order valence-electron chi connectivity index (χ0n) is 12.3. The molecule has 0 saturated carbocycles. The lowest BCUT2D eigenvalue weighted by Gasteiger charge is -2.17. The molecule has 1 aromatic carbocycles. The Morgan fingerprint density at radius 3 is 2.43 bits per heavy atom. The monoisotopic (exact) mass is 330 g/mol. The van der Waals surface area contributed by atoms with Crippen molar-refractivity contribution in [2.75, 3.05) is 6.61 Å². The third-order valence-corrected chi connectivity index (χ3v) is 3.86. The van der Waals surface area contributed by atoms with Crippen molar-refractivity contribution in [1.82, 2.24) is 0 Å². The van der Waals surface area contributed by atoms with Gasteiger partial charge in [0.05, 0.1) is 12.2 Å². The molecule has 116 valence electrons. The second-order valence-electron chi connectivity index (χ2n) is 4.99. The number of rotatable bonds is 9. The molecule has 1 atom stereocenters. The summed E-state index contributed by atoms with van der Waals surface area (Å²) in [6.07, 6.45) is 4.35. The number of hydrogen-bond donors (Lipinski definition) is 0. The maximum Gasteiger partial charge on any atom is 0.256 e. The molecule has 1 unspecified atom stereocenters.